The minimum absolute atomic E-state index is 0. The van der Waals surface area contributed by atoms with Crippen molar-refractivity contribution in [2.75, 3.05) is 5.73 Å². The van der Waals surface area contributed by atoms with Crippen LogP contribution in [0, 0.1) is 0 Å². The molecule has 2 aromatic rings. The summed E-state index contributed by atoms with van der Waals surface area (Å²) >= 11 is 5.82. The summed E-state index contributed by atoms with van der Waals surface area (Å²) in [5, 5.41) is 9.88. The highest BCUT2D eigenvalue weighted by atomic mass is 35.5. The second-order valence-electron chi connectivity index (χ2n) is 3.29. The number of nitrogens with two attached hydrogens (primary N) is 1. The van der Waals surface area contributed by atoms with Gasteiger partial charge in [0.2, 0.25) is 0 Å². The van der Waals surface area contributed by atoms with Gasteiger partial charge < -0.3 is 10.8 Å². The van der Waals surface area contributed by atoms with Crippen molar-refractivity contribution in [3.05, 3.63) is 47.5 Å². The van der Waals surface area contributed by atoms with Crippen molar-refractivity contribution >= 4 is 29.7 Å². The predicted octanol–water partition coefficient (Wildman–Crippen LogP) is 3.72. The van der Waals surface area contributed by atoms with E-state index in [4.69, 9.17) is 17.3 Å². The van der Waals surface area contributed by atoms with Crippen molar-refractivity contribution in [2.24, 2.45) is 0 Å². The van der Waals surface area contributed by atoms with E-state index in [1.54, 1.807) is 30.3 Å². The molecular formula is C12H11Cl2NO. The first-order valence-corrected chi connectivity index (χ1v) is 4.89. The molecule has 0 atom stereocenters. The molecule has 0 aromatic heterocycles. The van der Waals surface area contributed by atoms with Crippen molar-refractivity contribution in [1.29, 1.82) is 0 Å². The third-order valence-corrected chi connectivity index (χ3v) is 2.52. The average Bonchev–Trinajstić information content (AvgIpc) is 2.22. The molecule has 0 saturated carbocycles. The van der Waals surface area contributed by atoms with Crippen LogP contribution in [0.3, 0.4) is 0 Å². The Bertz CT molecular complexity index is 500. The Balaban J connectivity index is 0.00000128. The Morgan fingerprint density at radius 2 is 1.69 bits per heavy atom. The van der Waals surface area contributed by atoms with Gasteiger partial charge in [-0.3, -0.25) is 0 Å². The number of hydrogen-bond donors (Lipinski definition) is 2. The lowest BCUT2D eigenvalue weighted by atomic mass is 10.1. The van der Waals surface area contributed by atoms with Crippen molar-refractivity contribution < 1.29 is 5.11 Å². The normalized spacial score (nSPS) is 9.56. The lowest BCUT2D eigenvalue weighted by Crippen LogP contribution is -1.87. The van der Waals surface area contributed by atoms with Crippen LogP contribution in [0.1, 0.15) is 0 Å². The maximum absolute atomic E-state index is 9.34. The van der Waals surface area contributed by atoms with Crippen molar-refractivity contribution in [3.8, 4) is 16.9 Å². The van der Waals surface area contributed by atoms with Gasteiger partial charge in [-0.25, -0.2) is 0 Å². The summed E-state index contributed by atoms with van der Waals surface area (Å²) in [5.74, 6) is 0.237. The summed E-state index contributed by atoms with van der Waals surface area (Å²) < 4.78 is 0. The molecule has 84 valence electrons. The van der Waals surface area contributed by atoms with E-state index in [0.717, 1.165) is 11.1 Å². The van der Waals surface area contributed by atoms with Crippen molar-refractivity contribution in [2.45, 2.75) is 0 Å². The monoisotopic (exact) mass is 255 g/mol. The highest BCUT2D eigenvalue weighted by Crippen LogP contribution is 2.28. The molecule has 0 saturated heterocycles. The van der Waals surface area contributed by atoms with Crippen LogP contribution < -0.4 is 5.73 Å². The quantitative estimate of drug-likeness (QED) is 0.764. The Morgan fingerprint density at radius 3 is 2.31 bits per heavy atom. The van der Waals surface area contributed by atoms with Crippen LogP contribution in [0.4, 0.5) is 5.69 Å². The van der Waals surface area contributed by atoms with Gasteiger partial charge in [-0.1, -0.05) is 29.8 Å². The molecule has 0 heterocycles. The average molecular weight is 256 g/mol. The number of nitrogen functional groups attached to an aromatic ring is 1. The van der Waals surface area contributed by atoms with Gasteiger partial charge in [-0.15, -0.1) is 12.4 Å². The van der Waals surface area contributed by atoms with Crippen LogP contribution in [0.15, 0.2) is 42.5 Å². The third-order valence-electron chi connectivity index (χ3n) is 2.18. The fourth-order valence-corrected chi connectivity index (χ4v) is 1.53. The second kappa shape index (κ2) is 5.10. The Kier molecular flexibility index (Phi) is 4.05. The molecule has 0 fully saturated rings. The Hall–Kier alpha value is -1.38. The number of anilines is 1. The molecule has 0 aliphatic carbocycles. The van der Waals surface area contributed by atoms with Gasteiger partial charge in [-0.05, 0) is 35.4 Å². The molecule has 0 radical (unpaired) electrons. The zero-order valence-corrected chi connectivity index (χ0v) is 9.92. The summed E-state index contributed by atoms with van der Waals surface area (Å²) in [4.78, 5) is 0. The largest absolute Gasteiger partial charge is 0.508 e. The van der Waals surface area contributed by atoms with Crippen molar-refractivity contribution in [1.82, 2.24) is 0 Å². The SMILES string of the molecule is Cl.Nc1cc(-c2cccc(O)c2)ccc1Cl. The van der Waals surface area contributed by atoms with Gasteiger partial charge in [0, 0.05) is 0 Å². The van der Waals surface area contributed by atoms with Crippen LogP contribution in [0.2, 0.25) is 5.02 Å². The standard InChI is InChI=1S/C12H10ClNO.ClH/c13-11-5-4-9(7-12(11)14)8-2-1-3-10(15)6-8;/h1-7,15H,14H2;1H. The van der Waals surface area contributed by atoms with Gasteiger partial charge in [0.15, 0.2) is 0 Å². The van der Waals surface area contributed by atoms with Gasteiger partial charge in [0.1, 0.15) is 5.75 Å². The van der Waals surface area contributed by atoms with E-state index in [1.165, 1.54) is 0 Å². The topological polar surface area (TPSA) is 46.2 Å². The van der Waals surface area contributed by atoms with Crippen LogP contribution in [0.5, 0.6) is 5.75 Å². The van der Waals surface area contributed by atoms with Crippen LogP contribution in [0.25, 0.3) is 11.1 Å². The van der Waals surface area contributed by atoms with Gasteiger partial charge in [0.05, 0.1) is 10.7 Å². The molecule has 3 N–H and O–H groups in total. The number of phenols is 1. The van der Waals surface area contributed by atoms with E-state index in [1.807, 2.05) is 12.1 Å². The Morgan fingerprint density at radius 1 is 1.00 bits per heavy atom. The maximum Gasteiger partial charge on any atom is 0.116 e. The predicted molar refractivity (Wildman–Crippen MR) is 70.2 cm³/mol. The Labute approximate surface area is 105 Å². The summed E-state index contributed by atoms with van der Waals surface area (Å²) in [6, 6.07) is 12.4. The fraction of sp³-hybridized carbons (Fsp3) is 0. The second-order valence-corrected chi connectivity index (χ2v) is 3.69. The molecule has 2 aromatic carbocycles. The molecule has 2 rings (SSSR count). The van der Waals surface area contributed by atoms with E-state index in [-0.39, 0.29) is 18.2 Å². The zero-order chi connectivity index (χ0) is 10.8. The van der Waals surface area contributed by atoms with E-state index in [0.29, 0.717) is 10.7 Å². The first-order valence-electron chi connectivity index (χ1n) is 4.51. The molecule has 0 unspecified atom stereocenters. The van der Waals surface area contributed by atoms with Gasteiger partial charge in [-0.2, -0.15) is 0 Å². The minimum Gasteiger partial charge on any atom is -0.508 e. The smallest absolute Gasteiger partial charge is 0.116 e. The summed E-state index contributed by atoms with van der Waals surface area (Å²) in [6.45, 7) is 0. The summed E-state index contributed by atoms with van der Waals surface area (Å²) in [7, 11) is 0. The van der Waals surface area contributed by atoms with E-state index in [9.17, 15) is 5.11 Å². The number of benzene rings is 2. The van der Waals surface area contributed by atoms with E-state index in [2.05, 4.69) is 0 Å². The van der Waals surface area contributed by atoms with Crippen LogP contribution >= 0.6 is 24.0 Å². The number of phenolic OH excluding ortho intramolecular Hbond substituents is 1. The molecule has 0 spiro atoms. The van der Waals surface area contributed by atoms with Gasteiger partial charge in [0.25, 0.3) is 0 Å². The molecule has 4 heteroatoms. The van der Waals surface area contributed by atoms with Gasteiger partial charge >= 0.3 is 0 Å². The van der Waals surface area contributed by atoms with E-state index >= 15 is 0 Å². The molecule has 2 nitrogen and oxygen atoms in total. The molecule has 0 aliphatic rings. The van der Waals surface area contributed by atoms with Crippen LogP contribution in [-0.4, -0.2) is 5.11 Å². The highest BCUT2D eigenvalue weighted by molar-refractivity contribution is 6.33. The molecule has 0 bridgehead atoms. The molecule has 0 aliphatic heterocycles. The summed E-state index contributed by atoms with van der Waals surface area (Å²) in [5.41, 5.74) is 8.09. The summed E-state index contributed by atoms with van der Waals surface area (Å²) in [6.07, 6.45) is 0. The molecule has 16 heavy (non-hydrogen) atoms. The number of hydrogen-bond acceptors (Lipinski definition) is 2. The highest BCUT2D eigenvalue weighted by Gasteiger charge is 2.01. The first-order chi connectivity index (χ1) is 7.16. The molecule has 0 amide bonds. The number of rotatable bonds is 1. The first kappa shape index (κ1) is 12.7. The lowest BCUT2D eigenvalue weighted by molar-refractivity contribution is 0.475. The number of aromatic hydroxyl groups is 1. The fourth-order valence-electron chi connectivity index (χ4n) is 1.41. The number of halogens is 2. The minimum atomic E-state index is 0. The lowest BCUT2D eigenvalue weighted by Gasteiger charge is -2.04. The van der Waals surface area contributed by atoms with Crippen molar-refractivity contribution in [3.63, 3.8) is 0 Å². The van der Waals surface area contributed by atoms with E-state index < -0.39 is 0 Å². The maximum atomic E-state index is 9.34. The molecular weight excluding hydrogens is 245 g/mol. The van der Waals surface area contributed by atoms with Crippen LogP contribution in [-0.2, 0) is 0 Å². The zero-order valence-electron chi connectivity index (χ0n) is 8.35. The third kappa shape index (κ3) is 2.60.